The molecule has 4 N–H and O–H groups in total. The van der Waals surface area contributed by atoms with Crippen LogP contribution in [0.25, 0.3) is 0 Å². The summed E-state index contributed by atoms with van der Waals surface area (Å²) in [5, 5.41) is 12.2. The van der Waals surface area contributed by atoms with Crippen molar-refractivity contribution < 1.29 is 9.90 Å². The first-order chi connectivity index (χ1) is 7.41. The van der Waals surface area contributed by atoms with Gasteiger partial charge in [0.2, 0.25) is 5.91 Å². The number of amides is 1. The average molecular weight is 230 g/mol. The van der Waals surface area contributed by atoms with E-state index < -0.39 is 11.5 Å². The maximum atomic E-state index is 12.1. The Balaban J connectivity index is 4.42. The first-order valence-corrected chi connectivity index (χ1v) is 6.11. The Morgan fingerprint density at radius 3 is 2.19 bits per heavy atom. The third-order valence-electron chi connectivity index (χ3n) is 3.30. The fraction of sp³-hybridized carbons (Fsp3) is 0.917. The largest absolute Gasteiger partial charge is 0.393 e. The van der Waals surface area contributed by atoms with Gasteiger partial charge in [0.25, 0.3) is 0 Å². The lowest BCUT2D eigenvalue weighted by atomic mass is 9.81. The number of nitrogens with two attached hydrogens (primary N) is 1. The Hall–Kier alpha value is -0.610. The van der Waals surface area contributed by atoms with Gasteiger partial charge in [-0.25, -0.2) is 0 Å². The van der Waals surface area contributed by atoms with Crippen LogP contribution in [0.15, 0.2) is 0 Å². The van der Waals surface area contributed by atoms with Crippen LogP contribution in [-0.4, -0.2) is 29.7 Å². The molecule has 0 aliphatic rings. The van der Waals surface area contributed by atoms with Crippen molar-refractivity contribution in [3.63, 3.8) is 0 Å². The van der Waals surface area contributed by atoms with Crippen molar-refractivity contribution in [3.05, 3.63) is 0 Å². The van der Waals surface area contributed by atoms with Gasteiger partial charge in [0.15, 0.2) is 0 Å². The van der Waals surface area contributed by atoms with E-state index in [-0.39, 0.29) is 11.9 Å². The SMILES string of the molecule is CCC(CC)(CN)C(=O)NC(C)CC(C)O. The molecular formula is C12H26N2O2. The molecule has 0 aliphatic carbocycles. The molecule has 4 nitrogen and oxygen atoms in total. The van der Waals surface area contributed by atoms with E-state index >= 15 is 0 Å². The minimum atomic E-state index is -0.451. The van der Waals surface area contributed by atoms with Crippen LogP contribution in [0.3, 0.4) is 0 Å². The Labute approximate surface area is 98.6 Å². The summed E-state index contributed by atoms with van der Waals surface area (Å²) in [6, 6.07) is -0.0171. The number of carbonyl (C=O) groups excluding carboxylic acids is 1. The highest BCUT2D eigenvalue weighted by molar-refractivity contribution is 5.83. The number of rotatable bonds is 7. The Kier molecular flexibility index (Phi) is 6.60. The van der Waals surface area contributed by atoms with E-state index in [0.29, 0.717) is 13.0 Å². The van der Waals surface area contributed by atoms with E-state index in [9.17, 15) is 9.90 Å². The molecule has 1 amide bonds. The van der Waals surface area contributed by atoms with Gasteiger partial charge in [-0.05, 0) is 33.1 Å². The van der Waals surface area contributed by atoms with Crippen LogP contribution >= 0.6 is 0 Å². The van der Waals surface area contributed by atoms with Gasteiger partial charge in [0, 0.05) is 12.6 Å². The third-order valence-corrected chi connectivity index (χ3v) is 3.30. The van der Waals surface area contributed by atoms with Crippen LogP contribution in [0.1, 0.15) is 47.0 Å². The lowest BCUT2D eigenvalue weighted by molar-refractivity contribution is -0.131. The zero-order valence-electron chi connectivity index (χ0n) is 10.9. The monoisotopic (exact) mass is 230 g/mol. The van der Waals surface area contributed by atoms with E-state index in [0.717, 1.165) is 12.8 Å². The summed E-state index contributed by atoms with van der Waals surface area (Å²) in [7, 11) is 0. The van der Waals surface area contributed by atoms with E-state index in [1.54, 1.807) is 6.92 Å². The highest BCUT2D eigenvalue weighted by Crippen LogP contribution is 2.25. The molecule has 2 unspecified atom stereocenters. The van der Waals surface area contributed by atoms with Gasteiger partial charge in [-0.1, -0.05) is 13.8 Å². The molecule has 0 heterocycles. The quantitative estimate of drug-likeness (QED) is 0.611. The van der Waals surface area contributed by atoms with Crippen molar-refractivity contribution in [2.24, 2.45) is 11.1 Å². The highest BCUT2D eigenvalue weighted by Gasteiger charge is 2.33. The van der Waals surface area contributed by atoms with Gasteiger partial charge in [0.1, 0.15) is 0 Å². The van der Waals surface area contributed by atoms with Gasteiger partial charge in [-0.2, -0.15) is 0 Å². The number of aliphatic hydroxyl groups is 1. The fourth-order valence-electron chi connectivity index (χ4n) is 1.90. The van der Waals surface area contributed by atoms with E-state index in [1.165, 1.54) is 0 Å². The highest BCUT2D eigenvalue weighted by atomic mass is 16.3. The molecule has 0 saturated heterocycles. The summed E-state index contributed by atoms with van der Waals surface area (Å²) < 4.78 is 0. The van der Waals surface area contributed by atoms with Crippen molar-refractivity contribution in [3.8, 4) is 0 Å². The minimum Gasteiger partial charge on any atom is -0.393 e. The van der Waals surface area contributed by atoms with Crippen molar-refractivity contribution in [2.45, 2.75) is 59.1 Å². The van der Waals surface area contributed by atoms with Crippen LogP contribution in [-0.2, 0) is 4.79 Å². The summed E-state index contributed by atoms with van der Waals surface area (Å²) in [6.45, 7) is 7.95. The van der Waals surface area contributed by atoms with Crippen LogP contribution in [0, 0.1) is 5.41 Å². The van der Waals surface area contributed by atoms with Crippen molar-refractivity contribution in [1.82, 2.24) is 5.32 Å². The van der Waals surface area contributed by atoms with Crippen molar-refractivity contribution >= 4 is 5.91 Å². The molecule has 0 radical (unpaired) electrons. The first-order valence-electron chi connectivity index (χ1n) is 6.11. The van der Waals surface area contributed by atoms with E-state index in [4.69, 9.17) is 5.73 Å². The fourth-order valence-corrected chi connectivity index (χ4v) is 1.90. The predicted octanol–water partition coefficient (Wildman–Crippen LogP) is 1.03. The number of hydrogen-bond acceptors (Lipinski definition) is 3. The molecule has 16 heavy (non-hydrogen) atoms. The minimum absolute atomic E-state index is 0.00755. The lowest BCUT2D eigenvalue weighted by Gasteiger charge is -2.30. The van der Waals surface area contributed by atoms with Gasteiger partial charge in [-0.3, -0.25) is 4.79 Å². The molecular weight excluding hydrogens is 204 g/mol. The molecule has 0 spiro atoms. The zero-order valence-corrected chi connectivity index (χ0v) is 10.9. The number of nitrogens with one attached hydrogen (secondary N) is 1. The molecule has 0 aromatic heterocycles. The van der Waals surface area contributed by atoms with Crippen molar-refractivity contribution in [1.29, 1.82) is 0 Å². The van der Waals surface area contributed by atoms with Crippen LogP contribution in [0.5, 0.6) is 0 Å². The van der Waals surface area contributed by atoms with Crippen LogP contribution in [0.4, 0.5) is 0 Å². The zero-order chi connectivity index (χ0) is 12.8. The smallest absolute Gasteiger partial charge is 0.227 e. The Bertz CT molecular complexity index is 205. The molecule has 0 rings (SSSR count). The molecule has 96 valence electrons. The normalized spacial score (nSPS) is 15.6. The maximum Gasteiger partial charge on any atom is 0.227 e. The molecule has 4 heteroatoms. The maximum absolute atomic E-state index is 12.1. The van der Waals surface area contributed by atoms with Crippen LogP contribution in [0.2, 0.25) is 0 Å². The standard InChI is InChI=1S/C12H26N2O2/c1-5-12(6-2,8-13)11(16)14-9(3)7-10(4)15/h9-10,15H,5-8,13H2,1-4H3,(H,14,16). The molecule has 0 bridgehead atoms. The molecule has 2 atom stereocenters. The third kappa shape index (κ3) is 4.10. The second kappa shape index (κ2) is 6.86. The van der Waals surface area contributed by atoms with Gasteiger partial charge >= 0.3 is 0 Å². The van der Waals surface area contributed by atoms with E-state index in [1.807, 2.05) is 20.8 Å². The predicted molar refractivity (Wildman–Crippen MR) is 66.0 cm³/mol. The molecule has 0 fully saturated rings. The van der Waals surface area contributed by atoms with Gasteiger partial charge < -0.3 is 16.2 Å². The summed E-state index contributed by atoms with van der Waals surface area (Å²) in [4.78, 5) is 12.1. The molecule has 0 aliphatic heterocycles. The molecule has 0 saturated carbocycles. The number of carbonyl (C=O) groups is 1. The molecule has 0 aromatic rings. The number of hydrogen-bond donors (Lipinski definition) is 3. The van der Waals surface area contributed by atoms with Crippen LogP contribution < -0.4 is 11.1 Å². The van der Waals surface area contributed by atoms with Gasteiger partial charge in [-0.15, -0.1) is 0 Å². The number of aliphatic hydroxyl groups excluding tert-OH is 1. The summed E-state index contributed by atoms with van der Waals surface area (Å²) in [5.41, 5.74) is 5.25. The summed E-state index contributed by atoms with van der Waals surface area (Å²) in [5.74, 6) is 0.00755. The second-order valence-corrected chi connectivity index (χ2v) is 4.65. The van der Waals surface area contributed by atoms with Crippen molar-refractivity contribution in [2.75, 3.05) is 6.54 Å². The Morgan fingerprint density at radius 1 is 1.38 bits per heavy atom. The Morgan fingerprint density at radius 2 is 1.88 bits per heavy atom. The van der Waals surface area contributed by atoms with Gasteiger partial charge in [0.05, 0.1) is 11.5 Å². The first kappa shape index (κ1) is 15.4. The second-order valence-electron chi connectivity index (χ2n) is 4.65. The molecule has 0 aromatic carbocycles. The summed E-state index contributed by atoms with van der Waals surface area (Å²) >= 11 is 0. The lowest BCUT2D eigenvalue weighted by Crippen LogP contribution is -2.48. The average Bonchev–Trinajstić information content (AvgIpc) is 2.19. The van der Waals surface area contributed by atoms with E-state index in [2.05, 4.69) is 5.32 Å². The summed E-state index contributed by atoms with van der Waals surface area (Å²) in [6.07, 6.45) is 1.66. The topological polar surface area (TPSA) is 75.4 Å².